The summed E-state index contributed by atoms with van der Waals surface area (Å²) in [5.74, 6) is 1.47. The molecular weight excluding hydrogens is 488 g/mol. The lowest BCUT2D eigenvalue weighted by atomic mass is 10.1. The van der Waals surface area contributed by atoms with Gasteiger partial charge in [0.2, 0.25) is 10.0 Å². The van der Waals surface area contributed by atoms with E-state index in [1.165, 1.54) is 10.6 Å². The first-order valence-electron chi connectivity index (χ1n) is 10.9. The summed E-state index contributed by atoms with van der Waals surface area (Å²) in [5, 5.41) is 3.65. The largest absolute Gasteiger partial charge is 0.351 e. The van der Waals surface area contributed by atoms with E-state index in [0.717, 1.165) is 38.8 Å². The molecule has 0 aliphatic heterocycles. The van der Waals surface area contributed by atoms with Gasteiger partial charge in [-0.25, -0.2) is 8.42 Å². The number of rotatable bonds is 10. The molecule has 0 heterocycles. The van der Waals surface area contributed by atoms with Gasteiger partial charge in [-0.1, -0.05) is 41.9 Å². The molecule has 3 aromatic carbocycles. The third-order valence-electron chi connectivity index (χ3n) is 5.41. The number of nitrogens with zero attached hydrogens (tertiary/aromatic N) is 1. The van der Waals surface area contributed by atoms with Crippen molar-refractivity contribution < 1.29 is 13.2 Å². The number of hydrogen-bond donors (Lipinski definition) is 1. The quantitative estimate of drug-likeness (QED) is 0.357. The van der Waals surface area contributed by atoms with Gasteiger partial charge in [0.25, 0.3) is 5.91 Å². The van der Waals surface area contributed by atoms with Crippen molar-refractivity contribution in [2.45, 2.75) is 26.1 Å². The average Bonchev–Trinajstić information content (AvgIpc) is 2.79. The minimum absolute atomic E-state index is 0.149. The van der Waals surface area contributed by atoms with Crippen molar-refractivity contribution in [1.29, 1.82) is 0 Å². The molecular formula is C26H29ClN2O3S2. The highest BCUT2D eigenvalue weighted by Crippen LogP contribution is 2.23. The minimum atomic E-state index is -3.47. The van der Waals surface area contributed by atoms with Gasteiger partial charge in [0.15, 0.2) is 0 Å². The molecule has 1 amide bonds. The predicted octanol–water partition coefficient (Wildman–Crippen LogP) is 5.59. The molecule has 0 unspecified atom stereocenters. The summed E-state index contributed by atoms with van der Waals surface area (Å²) in [6, 6.07) is 20.4. The van der Waals surface area contributed by atoms with Crippen LogP contribution in [0.5, 0.6) is 0 Å². The molecule has 5 nitrogen and oxygen atoms in total. The summed E-state index contributed by atoms with van der Waals surface area (Å²) in [6.45, 7) is 4.71. The fourth-order valence-corrected chi connectivity index (χ4v) is 5.26. The zero-order valence-corrected chi connectivity index (χ0v) is 21.9. The lowest BCUT2D eigenvalue weighted by Gasteiger charge is -2.23. The van der Waals surface area contributed by atoms with Crippen LogP contribution in [0.3, 0.4) is 0 Å². The maximum atomic E-state index is 12.5. The van der Waals surface area contributed by atoms with Crippen molar-refractivity contribution in [3.63, 3.8) is 0 Å². The summed E-state index contributed by atoms with van der Waals surface area (Å²) >= 11 is 7.73. The molecule has 3 rings (SSSR count). The predicted molar refractivity (Wildman–Crippen MR) is 143 cm³/mol. The van der Waals surface area contributed by atoms with Gasteiger partial charge in [-0.15, -0.1) is 0 Å². The SMILES string of the molecule is Cc1ccc(N(Cc2ccc(C(=O)NCCSCc3cccc(Cl)c3)cc2)S(C)(=O)=O)cc1C. The molecule has 0 atom stereocenters. The Morgan fingerprint density at radius 1 is 0.971 bits per heavy atom. The highest BCUT2D eigenvalue weighted by Gasteiger charge is 2.18. The van der Waals surface area contributed by atoms with Crippen LogP contribution in [0.4, 0.5) is 5.69 Å². The zero-order chi connectivity index (χ0) is 24.7. The maximum absolute atomic E-state index is 12.5. The Bertz CT molecular complexity index is 1250. The second kappa shape index (κ2) is 11.8. The van der Waals surface area contributed by atoms with Crippen molar-refractivity contribution in [1.82, 2.24) is 5.32 Å². The van der Waals surface area contributed by atoms with E-state index in [0.29, 0.717) is 17.8 Å². The number of aryl methyl sites for hydroxylation is 2. The summed E-state index contributed by atoms with van der Waals surface area (Å²) in [7, 11) is -3.47. The van der Waals surface area contributed by atoms with E-state index in [1.807, 2.05) is 56.3 Å². The number of nitrogens with one attached hydrogen (secondary N) is 1. The second-order valence-corrected chi connectivity index (χ2v) is 11.6. The van der Waals surface area contributed by atoms with Gasteiger partial charge < -0.3 is 5.32 Å². The summed E-state index contributed by atoms with van der Waals surface area (Å²) in [5.41, 5.74) is 5.27. The van der Waals surface area contributed by atoms with Crippen molar-refractivity contribution in [3.8, 4) is 0 Å². The molecule has 0 fully saturated rings. The maximum Gasteiger partial charge on any atom is 0.251 e. The number of anilines is 1. The monoisotopic (exact) mass is 516 g/mol. The van der Waals surface area contributed by atoms with Crippen LogP contribution < -0.4 is 9.62 Å². The van der Waals surface area contributed by atoms with Crippen molar-refractivity contribution >= 4 is 45.0 Å². The number of halogens is 1. The molecule has 0 aliphatic carbocycles. The molecule has 0 spiro atoms. The van der Waals surface area contributed by atoms with Crippen LogP contribution in [-0.2, 0) is 22.3 Å². The zero-order valence-electron chi connectivity index (χ0n) is 19.5. The first-order chi connectivity index (χ1) is 16.1. The lowest BCUT2D eigenvalue weighted by Crippen LogP contribution is -2.29. The first-order valence-corrected chi connectivity index (χ1v) is 14.3. The van der Waals surface area contributed by atoms with E-state index in [1.54, 1.807) is 36.0 Å². The summed E-state index contributed by atoms with van der Waals surface area (Å²) < 4.78 is 26.3. The molecule has 0 aromatic heterocycles. The van der Waals surface area contributed by atoms with Gasteiger partial charge in [0.05, 0.1) is 18.5 Å². The molecule has 1 N–H and O–H groups in total. The second-order valence-electron chi connectivity index (χ2n) is 8.17. The average molecular weight is 517 g/mol. The molecule has 0 aliphatic rings. The number of sulfonamides is 1. The fraction of sp³-hybridized carbons (Fsp3) is 0.269. The summed E-state index contributed by atoms with van der Waals surface area (Å²) in [4.78, 5) is 12.5. The number of thioether (sulfide) groups is 1. The third kappa shape index (κ3) is 7.52. The van der Waals surface area contributed by atoms with Crippen LogP contribution in [0.15, 0.2) is 66.7 Å². The Balaban J connectivity index is 1.54. The Labute approximate surface area is 211 Å². The molecule has 8 heteroatoms. The van der Waals surface area contributed by atoms with E-state index in [2.05, 4.69) is 5.32 Å². The van der Waals surface area contributed by atoms with Crippen LogP contribution in [0.1, 0.15) is 32.6 Å². The minimum Gasteiger partial charge on any atom is -0.351 e. The normalized spacial score (nSPS) is 11.3. The molecule has 0 radical (unpaired) electrons. The fourth-order valence-electron chi connectivity index (χ4n) is 3.36. The van der Waals surface area contributed by atoms with E-state index >= 15 is 0 Å². The molecule has 0 saturated carbocycles. The van der Waals surface area contributed by atoms with Crippen LogP contribution >= 0.6 is 23.4 Å². The highest BCUT2D eigenvalue weighted by molar-refractivity contribution is 7.98. The van der Waals surface area contributed by atoms with E-state index in [9.17, 15) is 13.2 Å². The van der Waals surface area contributed by atoms with Gasteiger partial charge in [-0.2, -0.15) is 11.8 Å². The Kier molecular flexibility index (Phi) is 9.05. The molecule has 3 aromatic rings. The van der Waals surface area contributed by atoms with E-state index < -0.39 is 10.0 Å². The van der Waals surface area contributed by atoms with Crippen LogP contribution in [0.25, 0.3) is 0 Å². The number of benzene rings is 3. The van der Waals surface area contributed by atoms with Crippen molar-refractivity contribution in [2.75, 3.05) is 22.9 Å². The van der Waals surface area contributed by atoms with Crippen LogP contribution in [0.2, 0.25) is 5.02 Å². The third-order valence-corrected chi connectivity index (χ3v) is 7.82. The molecule has 34 heavy (non-hydrogen) atoms. The van der Waals surface area contributed by atoms with Crippen molar-refractivity contribution in [3.05, 3.63) is 99.6 Å². The van der Waals surface area contributed by atoms with Gasteiger partial charge in [0, 0.05) is 28.6 Å². The van der Waals surface area contributed by atoms with E-state index in [4.69, 9.17) is 11.6 Å². The van der Waals surface area contributed by atoms with Gasteiger partial charge in [-0.05, 0) is 72.5 Å². The number of hydrogen-bond acceptors (Lipinski definition) is 4. The number of carbonyl (C=O) groups excluding carboxylic acids is 1. The van der Waals surface area contributed by atoms with Gasteiger partial charge >= 0.3 is 0 Å². The van der Waals surface area contributed by atoms with Crippen LogP contribution in [-0.4, -0.2) is 32.9 Å². The molecule has 0 saturated heterocycles. The standard InChI is InChI=1S/C26H29ClN2O3S2/c1-19-7-12-25(15-20(19)2)29(34(3,31)32)17-21-8-10-23(11-9-21)26(30)28-13-14-33-18-22-5-4-6-24(27)16-22/h4-12,15-16H,13-14,17-18H2,1-3H3,(H,28,30). The Hall–Kier alpha value is -2.48. The summed E-state index contributed by atoms with van der Waals surface area (Å²) in [6.07, 6.45) is 1.20. The van der Waals surface area contributed by atoms with E-state index in [-0.39, 0.29) is 12.5 Å². The molecule has 0 bridgehead atoms. The topological polar surface area (TPSA) is 66.5 Å². The number of carbonyl (C=O) groups is 1. The Morgan fingerprint density at radius 3 is 2.35 bits per heavy atom. The van der Waals surface area contributed by atoms with Crippen molar-refractivity contribution in [2.24, 2.45) is 0 Å². The molecule has 180 valence electrons. The van der Waals surface area contributed by atoms with Gasteiger partial charge in [-0.3, -0.25) is 9.10 Å². The smallest absolute Gasteiger partial charge is 0.251 e. The van der Waals surface area contributed by atoms with Crippen LogP contribution in [0, 0.1) is 13.8 Å². The number of amides is 1. The lowest BCUT2D eigenvalue weighted by molar-refractivity contribution is 0.0956. The Morgan fingerprint density at radius 2 is 1.71 bits per heavy atom. The van der Waals surface area contributed by atoms with Gasteiger partial charge in [0.1, 0.15) is 0 Å². The highest BCUT2D eigenvalue weighted by atomic mass is 35.5. The first kappa shape index (κ1) is 26.1.